The van der Waals surface area contributed by atoms with Gasteiger partial charge in [0.2, 0.25) is 0 Å². The van der Waals surface area contributed by atoms with Crippen molar-refractivity contribution in [1.82, 2.24) is 0 Å². The van der Waals surface area contributed by atoms with Crippen LogP contribution >= 0.6 is 15.9 Å². The molecule has 0 spiro atoms. The summed E-state index contributed by atoms with van der Waals surface area (Å²) in [5.74, 6) is -0.255. The van der Waals surface area contributed by atoms with Gasteiger partial charge in [0.05, 0.1) is 10.6 Å². The predicted octanol–water partition coefficient (Wildman–Crippen LogP) is 4.90. The lowest BCUT2D eigenvalue weighted by molar-refractivity contribution is 0.102. The van der Waals surface area contributed by atoms with E-state index in [1.54, 1.807) is 49.4 Å². The third kappa shape index (κ3) is 3.10. The summed E-state index contributed by atoms with van der Waals surface area (Å²) in [7, 11) is -3.61. The molecule has 1 heterocycles. The van der Waals surface area contributed by atoms with Gasteiger partial charge in [0.1, 0.15) is 0 Å². The van der Waals surface area contributed by atoms with Gasteiger partial charge in [0.15, 0.2) is 0 Å². The van der Waals surface area contributed by atoms with E-state index in [0.717, 1.165) is 10.0 Å². The highest BCUT2D eigenvalue weighted by Crippen LogP contribution is 2.43. The number of anilines is 2. The van der Waals surface area contributed by atoms with Crippen molar-refractivity contribution in [1.29, 1.82) is 0 Å². The SMILES string of the molecule is CCN1c2ccc(C(=O)Nc3cccc(Br)c3)cc2-c2ccccc2S1(=O)=O. The number of carbonyl (C=O) groups is 1. The number of carbonyl (C=O) groups excluding carboxylic acids is 1. The molecule has 0 saturated heterocycles. The molecular formula is C21H17BrN2O3S. The molecule has 142 valence electrons. The number of fused-ring (bicyclic) bond motifs is 3. The van der Waals surface area contributed by atoms with E-state index in [1.165, 1.54) is 4.31 Å². The van der Waals surface area contributed by atoms with Crippen LogP contribution < -0.4 is 9.62 Å². The normalized spacial score (nSPS) is 14.1. The summed E-state index contributed by atoms with van der Waals surface area (Å²) in [6.07, 6.45) is 0. The minimum atomic E-state index is -3.61. The Kier molecular flexibility index (Phi) is 4.72. The van der Waals surface area contributed by atoms with Gasteiger partial charge < -0.3 is 5.32 Å². The lowest BCUT2D eigenvalue weighted by Gasteiger charge is -2.31. The predicted molar refractivity (Wildman–Crippen MR) is 114 cm³/mol. The van der Waals surface area contributed by atoms with E-state index in [9.17, 15) is 13.2 Å². The number of halogens is 1. The molecule has 1 aliphatic heterocycles. The summed E-state index contributed by atoms with van der Waals surface area (Å²) >= 11 is 3.39. The summed E-state index contributed by atoms with van der Waals surface area (Å²) in [6, 6.07) is 19.3. The molecule has 3 aromatic carbocycles. The lowest BCUT2D eigenvalue weighted by atomic mass is 10.00. The number of hydrogen-bond acceptors (Lipinski definition) is 3. The fraction of sp³-hybridized carbons (Fsp3) is 0.0952. The van der Waals surface area contributed by atoms with Crippen LogP contribution in [0.4, 0.5) is 11.4 Å². The zero-order valence-corrected chi connectivity index (χ0v) is 17.4. The fourth-order valence-corrected chi connectivity index (χ4v) is 5.48. The third-order valence-corrected chi connectivity index (χ3v) is 7.08. The van der Waals surface area contributed by atoms with Crippen LogP contribution in [0, 0.1) is 0 Å². The Morgan fingerprint density at radius 3 is 2.54 bits per heavy atom. The largest absolute Gasteiger partial charge is 0.322 e. The van der Waals surface area contributed by atoms with Crippen molar-refractivity contribution in [2.75, 3.05) is 16.2 Å². The van der Waals surface area contributed by atoms with Gasteiger partial charge in [-0.2, -0.15) is 0 Å². The van der Waals surface area contributed by atoms with E-state index in [4.69, 9.17) is 0 Å². The summed E-state index contributed by atoms with van der Waals surface area (Å²) in [6.45, 7) is 2.11. The van der Waals surface area contributed by atoms with Crippen molar-refractivity contribution >= 4 is 43.2 Å². The van der Waals surface area contributed by atoms with Gasteiger partial charge in [-0.25, -0.2) is 8.42 Å². The Labute approximate surface area is 172 Å². The minimum Gasteiger partial charge on any atom is -0.322 e. The maximum absolute atomic E-state index is 12.9. The van der Waals surface area contributed by atoms with Crippen LogP contribution in [-0.4, -0.2) is 20.9 Å². The molecule has 0 bridgehead atoms. The van der Waals surface area contributed by atoms with Crippen molar-refractivity contribution in [2.45, 2.75) is 11.8 Å². The molecule has 0 fully saturated rings. The highest BCUT2D eigenvalue weighted by Gasteiger charge is 2.34. The molecule has 7 heteroatoms. The first-order valence-electron chi connectivity index (χ1n) is 8.75. The van der Waals surface area contributed by atoms with E-state index < -0.39 is 10.0 Å². The molecule has 0 atom stereocenters. The van der Waals surface area contributed by atoms with Crippen LogP contribution in [0.15, 0.2) is 76.1 Å². The second-order valence-electron chi connectivity index (χ2n) is 6.36. The zero-order chi connectivity index (χ0) is 19.9. The quantitative estimate of drug-likeness (QED) is 0.609. The maximum Gasteiger partial charge on any atom is 0.264 e. The average molecular weight is 457 g/mol. The molecule has 0 unspecified atom stereocenters. The monoisotopic (exact) mass is 456 g/mol. The molecule has 1 amide bonds. The minimum absolute atomic E-state index is 0.255. The summed E-state index contributed by atoms with van der Waals surface area (Å²) < 4.78 is 28.1. The van der Waals surface area contributed by atoms with Gasteiger partial charge in [-0.15, -0.1) is 0 Å². The third-order valence-electron chi connectivity index (χ3n) is 4.64. The fourth-order valence-electron chi connectivity index (χ4n) is 3.38. The molecular weight excluding hydrogens is 440 g/mol. The molecule has 28 heavy (non-hydrogen) atoms. The molecule has 3 aromatic rings. The Balaban J connectivity index is 1.79. The first kappa shape index (κ1) is 18.7. The van der Waals surface area contributed by atoms with Gasteiger partial charge in [-0.3, -0.25) is 9.10 Å². The molecule has 4 rings (SSSR count). The van der Waals surface area contributed by atoms with Gasteiger partial charge in [-0.1, -0.05) is 40.2 Å². The highest BCUT2D eigenvalue weighted by atomic mass is 79.9. The second-order valence-corrected chi connectivity index (χ2v) is 9.11. The van der Waals surface area contributed by atoms with Crippen LogP contribution in [0.1, 0.15) is 17.3 Å². The number of sulfonamides is 1. The molecule has 0 radical (unpaired) electrons. The molecule has 1 aliphatic rings. The zero-order valence-electron chi connectivity index (χ0n) is 15.0. The van der Waals surface area contributed by atoms with Crippen molar-refractivity contribution in [3.05, 3.63) is 76.8 Å². The van der Waals surface area contributed by atoms with Gasteiger partial charge in [-0.05, 0) is 49.4 Å². The van der Waals surface area contributed by atoms with Crippen LogP contribution in [0.25, 0.3) is 11.1 Å². The standard InChI is InChI=1S/C21H17BrN2O3S/c1-2-24-19-11-10-14(21(25)23-16-7-5-6-15(22)13-16)12-18(19)17-8-3-4-9-20(17)28(24,26)27/h3-13H,2H2,1H3,(H,23,25). The number of rotatable bonds is 3. The van der Waals surface area contributed by atoms with Crippen LogP contribution in [0.2, 0.25) is 0 Å². The van der Waals surface area contributed by atoms with E-state index >= 15 is 0 Å². The van der Waals surface area contributed by atoms with Crippen LogP contribution in [-0.2, 0) is 10.0 Å². The van der Waals surface area contributed by atoms with Crippen molar-refractivity contribution in [3.8, 4) is 11.1 Å². The van der Waals surface area contributed by atoms with Gasteiger partial charge >= 0.3 is 0 Å². The summed E-state index contributed by atoms with van der Waals surface area (Å²) in [5.41, 5.74) is 3.06. The molecule has 1 N–H and O–H groups in total. The highest BCUT2D eigenvalue weighted by molar-refractivity contribution is 9.10. The van der Waals surface area contributed by atoms with Crippen LogP contribution in [0.3, 0.4) is 0 Å². The first-order valence-corrected chi connectivity index (χ1v) is 11.0. The van der Waals surface area contributed by atoms with E-state index in [2.05, 4.69) is 21.2 Å². The molecule has 0 aromatic heterocycles. The second kappa shape index (κ2) is 7.07. The average Bonchev–Trinajstić information content (AvgIpc) is 2.68. The Hall–Kier alpha value is -2.64. The number of benzene rings is 3. The van der Waals surface area contributed by atoms with E-state index in [-0.39, 0.29) is 10.8 Å². The smallest absolute Gasteiger partial charge is 0.264 e. The molecule has 0 saturated carbocycles. The van der Waals surface area contributed by atoms with E-state index in [1.807, 2.05) is 24.3 Å². The number of amides is 1. The first-order chi connectivity index (χ1) is 13.4. The Morgan fingerprint density at radius 1 is 1.00 bits per heavy atom. The maximum atomic E-state index is 12.9. The number of hydrogen-bond donors (Lipinski definition) is 1. The van der Waals surface area contributed by atoms with Crippen molar-refractivity contribution in [2.24, 2.45) is 0 Å². The van der Waals surface area contributed by atoms with E-state index in [0.29, 0.717) is 29.0 Å². The Morgan fingerprint density at radius 2 is 1.79 bits per heavy atom. The lowest BCUT2D eigenvalue weighted by Crippen LogP contribution is -2.34. The van der Waals surface area contributed by atoms with Crippen molar-refractivity contribution in [3.63, 3.8) is 0 Å². The van der Waals surface area contributed by atoms with Crippen LogP contribution in [0.5, 0.6) is 0 Å². The van der Waals surface area contributed by atoms with Gasteiger partial charge in [0.25, 0.3) is 15.9 Å². The Bertz CT molecular complexity index is 1190. The van der Waals surface area contributed by atoms with Crippen molar-refractivity contribution < 1.29 is 13.2 Å². The van der Waals surface area contributed by atoms with Gasteiger partial charge in [0, 0.05) is 33.4 Å². The summed E-state index contributed by atoms with van der Waals surface area (Å²) in [5, 5.41) is 2.87. The summed E-state index contributed by atoms with van der Waals surface area (Å²) in [4.78, 5) is 13.0. The molecule has 0 aliphatic carbocycles. The molecule has 5 nitrogen and oxygen atoms in total. The topological polar surface area (TPSA) is 66.5 Å². The number of nitrogens with zero attached hydrogens (tertiary/aromatic N) is 1. The number of nitrogens with one attached hydrogen (secondary N) is 1.